The van der Waals surface area contributed by atoms with Gasteiger partial charge < -0.3 is 4.74 Å². The van der Waals surface area contributed by atoms with E-state index in [4.69, 9.17) is 4.74 Å². The first-order valence-electron chi connectivity index (χ1n) is 8.65. The number of imidazole rings is 1. The molecule has 0 aromatic carbocycles. The molecule has 3 rings (SSSR count). The molecule has 1 aliphatic heterocycles. The second-order valence-corrected chi connectivity index (χ2v) is 6.24. The Hall–Kier alpha value is -2.68. The quantitative estimate of drug-likeness (QED) is 0.564. The number of hydrogen-bond acceptors (Lipinski definition) is 6. The van der Waals surface area contributed by atoms with E-state index in [9.17, 15) is 9.59 Å². The van der Waals surface area contributed by atoms with Crippen LogP contribution in [0.15, 0.2) is 27.3 Å². The Bertz CT molecular complexity index is 997. The zero-order chi connectivity index (χ0) is 19.0. The smallest absolute Gasteiger partial charge is 0.332 e. The second-order valence-electron chi connectivity index (χ2n) is 6.24. The third kappa shape index (κ3) is 2.68. The van der Waals surface area contributed by atoms with Gasteiger partial charge in [-0.15, -0.1) is 6.58 Å². The van der Waals surface area contributed by atoms with E-state index in [1.807, 2.05) is 25.3 Å². The molecule has 0 radical (unpaired) electrons. The highest BCUT2D eigenvalue weighted by molar-refractivity contribution is 5.91. The van der Waals surface area contributed by atoms with E-state index in [1.54, 1.807) is 12.1 Å². The maximum atomic E-state index is 13.0. The first kappa shape index (κ1) is 18.1. The van der Waals surface area contributed by atoms with Gasteiger partial charge in [0.15, 0.2) is 11.2 Å². The first-order chi connectivity index (χ1) is 12.4. The summed E-state index contributed by atoms with van der Waals surface area (Å²) in [6.45, 7) is 11.2. The van der Waals surface area contributed by atoms with Crippen LogP contribution in [-0.4, -0.2) is 44.2 Å². The van der Waals surface area contributed by atoms with Crippen molar-refractivity contribution in [3.8, 4) is 0 Å². The number of aromatic nitrogens is 4. The molecule has 0 fully saturated rings. The van der Waals surface area contributed by atoms with Gasteiger partial charge in [-0.25, -0.2) is 9.80 Å². The van der Waals surface area contributed by atoms with E-state index < -0.39 is 5.69 Å². The van der Waals surface area contributed by atoms with Crippen LogP contribution >= 0.6 is 0 Å². The van der Waals surface area contributed by atoms with Crippen molar-refractivity contribution in [2.75, 3.05) is 24.8 Å². The van der Waals surface area contributed by atoms with Crippen molar-refractivity contribution < 1.29 is 4.74 Å². The molecule has 0 unspecified atom stereocenters. The van der Waals surface area contributed by atoms with Crippen molar-refractivity contribution in [3.05, 3.63) is 33.5 Å². The zero-order valence-electron chi connectivity index (χ0n) is 15.6. The summed E-state index contributed by atoms with van der Waals surface area (Å²) in [6.07, 6.45) is 1.53. The Morgan fingerprint density at radius 2 is 2.08 bits per heavy atom. The number of nitrogens with zero attached hydrogens (tertiary/aromatic N) is 6. The van der Waals surface area contributed by atoms with Crippen LogP contribution in [0, 0.1) is 0 Å². The largest absolute Gasteiger partial charge is 0.380 e. The second kappa shape index (κ2) is 6.91. The van der Waals surface area contributed by atoms with Crippen LogP contribution in [0.4, 0.5) is 5.95 Å². The van der Waals surface area contributed by atoms with Gasteiger partial charge >= 0.3 is 5.69 Å². The van der Waals surface area contributed by atoms with Gasteiger partial charge in [0, 0.05) is 20.2 Å². The fourth-order valence-corrected chi connectivity index (χ4v) is 3.12. The third-order valence-electron chi connectivity index (χ3n) is 4.62. The highest BCUT2D eigenvalue weighted by Crippen LogP contribution is 2.29. The van der Waals surface area contributed by atoms with Gasteiger partial charge in [-0.05, 0) is 20.8 Å². The summed E-state index contributed by atoms with van der Waals surface area (Å²) < 4.78 is 9.84. The van der Waals surface area contributed by atoms with E-state index in [0.717, 1.165) is 5.71 Å². The molecule has 3 heterocycles. The molecule has 140 valence electrons. The Morgan fingerprint density at radius 3 is 2.73 bits per heavy atom. The summed E-state index contributed by atoms with van der Waals surface area (Å²) in [7, 11) is 1.62. The predicted molar refractivity (Wildman–Crippen MR) is 101 cm³/mol. The van der Waals surface area contributed by atoms with E-state index in [-0.39, 0.29) is 18.1 Å². The summed E-state index contributed by atoms with van der Waals surface area (Å²) in [5.41, 5.74) is 0.828. The van der Waals surface area contributed by atoms with Gasteiger partial charge in [-0.3, -0.25) is 18.5 Å². The molecule has 0 spiro atoms. The molecule has 2 aromatic rings. The minimum Gasteiger partial charge on any atom is -0.380 e. The molecular formula is C17H24N6O3. The van der Waals surface area contributed by atoms with E-state index >= 15 is 0 Å². The maximum absolute atomic E-state index is 13.0. The average molecular weight is 360 g/mol. The molecule has 0 bridgehead atoms. The van der Waals surface area contributed by atoms with Gasteiger partial charge in [-0.1, -0.05) is 6.08 Å². The highest BCUT2D eigenvalue weighted by atomic mass is 16.5. The highest BCUT2D eigenvalue weighted by Gasteiger charge is 2.30. The molecule has 9 heteroatoms. The molecule has 0 saturated carbocycles. The zero-order valence-corrected chi connectivity index (χ0v) is 15.6. The van der Waals surface area contributed by atoms with Crippen molar-refractivity contribution in [2.45, 2.75) is 33.4 Å². The van der Waals surface area contributed by atoms with Crippen LogP contribution in [0.5, 0.6) is 0 Å². The predicted octanol–water partition coefficient (Wildman–Crippen LogP) is 0.876. The fraction of sp³-hybridized carbons (Fsp3) is 0.529. The van der Waals surface area contributed by atoms with Crippen LogP contribution in [0.2, 0.25) is 0 Å². The normalized spacial score (nSPS) is 16.7. The number of hydrazone groups is 1. The molecule has 0 N–H and O–H groups in total. The maximum Gasteiger partial charge on any atom is 0.332 e. The number of aryl methyl sites for hydroxylation is 1. The lowest BCUT2D eigenvalue weighted by Gasteiger charge is -2.29. The molecule has 9 nitrogen and oxygen atoms in total. The van der Waals surface area contributed by atoms with Gasteiger partial charge in [0.1, 0.15) is 0 Å². The Balaban J connectivity index is 2.27. The van der Waals surface area contributed by atoms with Crippen molar-refractivity contribution in [3.63, 3.8) is 0 Å². The van der Waals surface area contributed by atoms with Crippen molar-refractivity contribution >= 4 is 22.8 Å². The summed E-state index contributed by atoms with van der Waals surface area (Å²) in [5.74, 6) is 0.543. The van der Waals surface area contributed by atoms with E-state index in [0.29, 0.717) is 36.9 Å². The van der Waals surface area contributed by atoms with Crippen LogP contribution in [0.1, 0.15) is 26.8 Å². The van der Waals surface area contributed by atoms with E-state index in [1.165, 1.54) is 15.2 Å². The number of allylic oxidation sites excluding steroid dienone is 1. The summed E-state index contributed by atoms with van der Waals surface area (Å²) in [4.78, 5) is 30.1. The van der Waals surface area contributed by atoms with Crippen molar-refractivity contribution in [1.82, 2.24) is 18.7 Å². The number of anilines is 1. The van der Waals surface area contributed by atoms with Gasteiger partial charge in [0.2, 0.25) is 5.95 Å². The molecular weight excluding hydrogens is 336 g/mol. The topological polar surface area (TPSA) is 86.7 Å². The molecule has 0 amide bonds. The van der Waals surface area contributed by atoms with Gasteiger partial charge in [0.25, 0.3) is 5.56 Å². The number of rotatable bonds is 6. The molecule has 1 atom stereocenters. The lowest BCUT2D eigenvalue weighted by atomic mass is 10.2. The van der Waals surface area contributed by atoms with Crippen LogP contribution in [-0.2, 0) is 18.3 Å². The summed E-state index contributed by atoms with van der Waals surface area (Å²) >= 11 is 0. The van der Waals surface area contributed by atoms with Crippen molar-refractivity contribution in [2.24, 2.45) is 12.1 Å². The van der Waals surface area contributed by atoms with Crippen LogP contribution in [0.3, 0.4) is 0 Å². The minimum atomic E-state index is -0.413. The molecule has 0 saturated heterocycles. The Morgan fingerprint density at radius 1 is 1.35 bits per heavy atom. The average Bonchev–Trinajstić information content (AvgIpc) is 3.02. The van der Waals surface area contributed by atoms with E-state index in [2.05, 4.69) is 16.7 Å². The monoisotopic (exact) mass is 360 g/mol. The lowest BCUT2D eigenvalue weighted by Crippen LogP contribution is -2.40. The fourth-order valence-electron chi connectivity index (χ4n) is 3.12. The number of fused-ring (bicyclic) bond motifs is 3. The number of hydrogen-bond donors (Lipinski definition) is 0. The molecule has 2 aromatic heterocycles. The Labute approximate surface area is 150 Å². The van der Waals surface area contributed by atoms with Crippen LogP contribution in [0.25, 0.3) is 11.2 Å². The first-order valence-corrected chi connectivity index (χ1v) is 8.65. The van der Waals surface area contributed by atoms with Crippen molar-refractivity contribution in [1.29, 1.82) is 0 Å². The third-order valence-corrected chi connectivity index (χ3v) is 4.62. The van der Waals surface area contributed by atoms with Gasteiger partial charge in [0.05, 0.1) is 24.9 Å². The standard InChI is InChI=1S/C17H24N6O3/c1-6-8-21-15(24)13-14(20(5)17(21)25)18-16-22(9-10-26-7-2)19-11(3)12(4)23(13)16/h6,12H,1,7-10H2,2-5H3/t12-/m0/s1. The molecule has 26 heavy (non-hydrogen) atoms. The number of ether oxygens (including phenoxy) is 1. The molecule has 1 aliphatic rings. The lowest BCUT2D eigenvalue weighted by molar-refractivity contribution is 0.153. The summed E-state index contributed by atoms with van der Waals surface area (Å²) in [6, 6.07) is -0.138. The molecule has 0 aliphatic carbocycles. The summed E-state index contributed by atoms with van der Waals surface area (Å²) in [5, 5.41) is 6.32. The minimum absolute atomic E-state index is 0.138. The van der Waals surface area contributed by atoms with Gasteiger partial charge in [-0.2, -0.15) is 10.1 Å². The SMILES string of the molecule is C=CCn1c(=O)c2c(nc3n2[C@@H](C)C(C)=NN3CCOCC)n(C)c1=O. The Kier molecular flexibility index (Phi) is 4.82. The van der Waals surface area contributed by atoms with Crippen LogP contribution < -0.4 is 16.3 Å².